The van der Waals surface area contributed by atoms with Crippen molar-refractivity contribution in [1.29, 1.82) is 0 Å². The van der Waals surface area contributed by atoms with Crippen LogP contribution in [0.1, 0.15) is 57.4 Å². The van der Waals surface area contributed by atoms with Crippen LogP contribution in [0.25, 0.3) is 0 Å². The van der Waals surface area contributed by atoms with Crippen LogP contribution in [0, 0.1) is 17.3 Å². The lowest BCUT2D eigenvalue weighted by Crippen LogP contribution is -2.56. The molecule has 0 heterocycles. The summed E-state index contributed by atoms with van der Waals surface area (Å²) in [7, 11) is 0. The van der Waals surface area contributed by atoms with Crippen LogP contribution in [0.4, 0.5) is 0 Å². The number of esters is 1. The summed E-state index contributed by atoms with van der Waals surface area (Å²) >= 11 is 3.92. The number of nitrogens with one attached hydrogen (secondary N) is 1. The van der Waals surface area contributed by atoms with Crippen LogP contribution < -0.4 is 5.32 Å². The molecule has 0 radical (unpaired) electrons. The first kappa shape index (κ1) is 19.9. The second kappa shape index (κ2) is 7.81. The minimum absolute atomic E-state index is 0.0526. The molecule has 4 aliphatic carbocycles. The van der Waals surface area contributed by atoms with Crippen molar-refractivity contribution in [3.63, 3.8) is 0 Å². The van der Waals surface area contributed by atoms with E-state index in [2.05, 4.69) is 33.4 Å². The molecule has 1 N–H and O–H groups in total. The van der Waals surface area contributed by atoms with Gasteiger partial charge >= 0.3 is 5.97 Å². The highest BCUT2D eigenvalue weighted by Crippen LogP contribution is 2.64. The first-order chi connectivity index (χ1) is 13.4. The number of carbonyl (C=O) groups excluding carboxylic acids is 2. The number of hydrogen-bond acceptors (Lipinski definition) is 3. The fourth-order valence-corrected chi connectivity index (χ4v) is 7.54. The molecule has 152 valence electrons. The largest absolute Gasteiger partial charge is 0.455 e. The van der Waals surface area contributed by atoms with Crippen molar-refractivity contribution in [2.75, 3.05) is 6.61 Å². The Labute approximate surface area is 175 Å². The summed E-state index contributed by atoms with van der Waals surface area (Å²) < 4.78 is 5.64. The molecule has 4 saturated carbocycles. The predicted molar refractivity (Wildman–Crippen MR) is 112 cm³/mol. The molecular formula is C23H30BrNO3. The van der Waals surface area contributed by atoms with E-state index in [1.807, 2.05) is 25.1 Å². The minimum atomic E-state index is -0.368. The minimum Gasteiger partial charge on any atom is -0.455 e. The first-order valence-electron chi connectivity index (χ1n) is 10.6. The summed E-state index contributed by atoms with van der Waals surface area (Å²) in [6.07, 6.45) is 8.12. The van der Waals surface area contributed by atoms with Crippen molar-refractivity contribution >= 4 is 27.8 Å². The van der Waals surface area contributed by atoms with Gasteiger partial charge in [-0.3, -0.25) is 9.59 Å². The van der Waals surface area contributed by atoms with Crippen LogP contribution in [0.3, 0.4) is 0 Å². The molecule has 0 aliphatic heterocycles. The molecule has 2 unspecified atom stereocenters. The standard InChI is InChI=1S/C23H30BrNO3/c1-16(7-8-17-5-3-2-4-6-17)25-20(26)14-28-21(27)22-10-18-9-19(11-22)13-23(24,12-18)15-22/h2-6,16,18-19H,7-15H2,1H3,(H,25,26)/t16-,18-,19+,22?,23?/m1/s1. The molecule has 0 spiro atoms. The lowest BCUT2D eigenvalue weighted by atomic mass is 9.49. The molecule has 0 aromatic heterocycles. The third-order valence-corrected chi connectivity index (χ3v) is 7.80. The Hall–Kier alpha value is -1.36. The van der Waals surface area contributed by atoms with E-state index in [0.717, 1.165) is 32.1 Å². The monoisotopic (exact) mass is 447 g/mol. The summed E-state index contributed by atoms with van der Waals surface area (Å²) in [5.41, 5.74) is 0.896. The van der Waals surface area contributed by atoms with Crippen molar-refractivity contribution in [3.05, 3.63) is 35.9 Å². The van der Waals surface area contributed by atoms with Gasteiger partial charge in [-0.25, -0.2) is 0 Å². The van der Waals surface area contributed by atoms with Crippen molar-refractivity contribution < 1.29 is 14.3 Å². The number of benzene rings is 1. The highest BCUT2D eigenvalue weighted by atomic mass is 79.9. The SMILES string of the molecule is C[C@H](CCc1ccccc1)NC(=O)COC(=O)C12C[C@@H]3C[C@@H](CC(Br)(C3)C1)C2. The van der Waals surface area contributed by atoms with E-state index in [1.165, 1.54) is 24.8 Å². The molecule has 4 bridgehead atoms. The molecule has 5 heteroatoms. The molecule has 28 heavy (non-hydrogen) atoms. The fourth-order valence-electron chi connectivity index (χ4n) is 6.09. The van der Waals surface area contributed by atoms with E-state index in [-0.39, 0.29) is 34.3 Å². The smallest absolute Gasteiger partial charge is 0.312 e. The molecule has 4 nitrogen and oxygen atoms in total. The Kier molecular flexibility index (Phi) is 5.56. The van der Waals surface area contributed by atoms with Gasteiger partial charge in [-0.1, -0.05) is 46.3 Å². The van der Waals surface area contributed by atoms with Gasteiger partial charge in [0.1, 0.15) is 0 Å². The Balaban J connectivity index is 1.24. The predicted octanol–water partition coefficient (Wildman–Crippen LogP) is 4.40. The highest BCUT2D eigenvalue weighted by Gasteiger charge is 2.60. The lowest BCUT2D eigenvalue weighted by molar-refractivity contribution is -0.171. The first-order valence-corrected chi connectivity index (χ1v) is 11.3. The van der Waals surface area contributed by atoms with E-state index >= 15 is 0 Å². The van der Waals surface area contributed by atoms with Crippen LogP contribution in [0.15, 0.2) is 30.3 Å². The van der Waals surface area contributed by atoms with Crippen LogP contribution in [-0.4, -0.2) is 28.8 Å². The summed E-state index contributed by atoms with van der Waals surface area (Å²) in [6.45, 7) is 1.83. The average Bonchev–Trinajstić information content (AvgIpc) is 2.63. The molecule has 1 amide bonds. The molecule has 5 rings (SSSR count). The molecular weight excluding hydrogens is 418 g/mol. The number of halogens is 1. The van der Waals surface area contributed by atoms with Gasteiger partial charge < -0.3 is 10.1 Å². The molecule has 4 aliphatic rings. The molecule has 4 fully saturated rings. The number of hydrogen-bond donors (Lipinski definition) is 1. The van der Waals surface area contributed by atoms with Crippen molar-refractivity contribution in [2.24, 2.45) is 17.3 Å². The summed E-state index contributed by atoms with van der Waals surface area (Å²) in [5.74, 6) is 0.893. The zero-order valence-corrected chi connectivity index (χ0v) is 18.2. The number of aryl methyl sites for hydroxylation is 1. The summed E-state index contributed by atoms with van der Waals surface area (Å²) in [6, 6.07) is 10.3. The van der Waals surface area contributed by atoms with Gasteiger partial charge in [0, 0.05) is 10.4 Å². The van der Waals surface area contributed by atoms with E-state index in [1.54, 1.807) is 0 Å². The van der Waals surface area contributed by atoms with Gasteiger partial charge in [-0.05, 0) is 75.7 Å². The Morgan fingerprint density at radius 3 is 2.50 bits per heavy atom. The summed E-state index contributed by atoms with van der Waals surface area (Å²) in [5, 5.41) is 2.96. The third kappa shape index (κ3) is 4.29. The molecule has 1 aromatic rings. The third-order valence-electron chi connectivity index (χ3n) is 6.87. The number of amides is 1. The van der Waals surface area contributed by atoms with Gasteiger partial charge in [0.05, 0.1) is 5.41 Å². The highest BCUT2D eigenvalue weighted by molar-refractivity contribution is 9.10. The van der Waals surface area contributed by atoms with Gasteiger partial charge in [0.25, 0.3) is 5.91 Å². The summed E-state index contributed by atoms with van der Waals surface area (Å²) in [4.78, 5) is 25.2. The zero-order valence-electron chi connectivity index (χ0n) is 16.6. The van der Waals surface area contributed by atoms with Crippen LogP contribution in [0.5, 0.6) is 0 Å². The molecule has 0 saturated heterocycles. The number of alkyl halides is 1. The maximum atomic E-state index is 12.9. The Morgan fingerprint density at radius 2 is 1.86 bits per heavy atom. The second-order valence-corrected chi connectivity index (χ2v) is 11.1. The van der Waals surface area contributed by atoms with Crippen LogP contribution >= 0.6 is 15.9 Å². The Bertz CT molecular complexity index is 721. The van der Waals surface area contributed by atoms with Gasteiger partial charge in [0.15, 0.2) is 6.61 Å². The van der Waals surface area contributed by atoms with E-state index < -0.39 is 0 Å². The van der Waals surface area contributed by atoms with E-state index in [9.17, 15) is 9.59 Å². The number of ether oxygens (including phenoxy) is 1. The fraction of sp³-hybridized carbons (Fsp3) is 0.652. The molecule has 1 aromatic carbocycles. The van der Waals surface area contributed by atoms with Crippen LogP contribution in [0.2, 0.25) is 0 Å². The van der Waals surface area contributed by atoms with E-state index in [0.29, 0.717) is 11.8 Å². The van der Waals surface area contributed by atoms with Crippen molar-refractivity contribution in [1.82, 2.24) is 5.32 Å². The van der Waals surface area contributed by atoms with Crippen molar-refractivity contribution in [2.45, 2.75) is 68.7 Å². The Morgan fingerprint density at radius 1 is 1.18 bits per heavy atom. The topological polar surface area (TPSA) is 55.4 Å². The van der Waals surface area contributed by atoms with E-state index in [4.69, 9.17) is 4.74 Å². The van der Waals surface area contributed by atoms with Crippen molar-refractivity contribution in [3.8, 4) is 0 Å². The quantitative estimate of drug-likeness (QED) is 0.497. The van der Waals surface area contributed by atoms with Gasteiger partial charge in [-0.2, -0.15) is 0 Å². The zero-order chi connectivity index (χ0) is 19.8. The number of carbonyl (C=O) groups is 2. The maximum absolute atomic E-state index is 12.9. The van der Waals surface area contributed by atoms with Crippen LogP contribution in [-0.2, 0) is 20.7 Å². The lowest BCUT2D eigenvalue weighted by Gasteiger charge is -2.58. The van der Waals surface area contributed by atoms with Gasteiger partial charge in [0.2, 0.25) is 0 Å². The normalized spacial score (nSPS) is 34.1. The average molecular weight is 448 g/mol. The maximum Gasteiger partial charge on any atom is 0.312 e. The second-order valence-electron chi connectivity index (χ2n) is 9.46. The van der Waals surface area contributed by atoms with Gasteiger partial charge in [-0.15, -0.1) is 0 Å². The molecule has 5 atom stereocenters. The number of rotatable bonds is 7.